The van der Waals surface area contributed by atoms with Crippen LogP contribution in [-0.4, -0.2) is 38.4 Å². The lowest BCUT2D eigenvalue weighted by Gasteiger charge is -2.18. The van der Waals surface area contributed by atoms with Crippen LogP contribution >= 0.6 is 0 Å². The predicted molar refractivity (Wildman–Crippen MR) is 101 cm³/mol. The van der Waals surface area contributed by atoms with Crippen molar-refractivity contribution in [2.24, 2.45) is 11.4 Å². The molecule has 26 heavy (non-hydrogen) atoms. The van der Waals surface area contributed by atoms with Crippen molar-refractivity contribution in [3.8, 4) is 5.75 Å². The van der Waals surface area contributed by atoms with Crippen molar-refractivity contribution in [3.05, 3.63) is 45.4 Å². The van der Waals surface area contributed by atoms with E-state index >= 15 is 0 Å². The van der Waals surface area contributed by atoms with Crippen LogP contribution in [0.15, 0.2) is 27.5 Å². The van der Waals surface area contributed by atoms with Gasteiger partial charge in [-0.25, -0.2) is 4.21 Å². The molecule has 2 aromatic rings. The van der Waals surface area contributed by atoms with Crippen LogP contribution in [0.25, 0.3) is 0 Å². The number of ether oxygens (including phenoxy) is 1. The Labute approximate surface area is 152 Å². The molecule has 0 atom stereocenters. The van der Waals surface area contributed by atoms with Gasteiger partial charge in [-0.1, -0.05) is 12.5 Å². The van der Waals surface area contributed by atoms with E-state index in [2.05, 4.69) is 9.46 Å². The lowest BCUT2D eigenvalue weighted by Crippen LogP contribution is -2.19. The second kappa shape index (κ2) is 7.11. The minimum Gasteiger partial charge on any atom is -0.494 e. The van der Waals surface area contributed by atoms with Crippen molar-refractivity contribution in [2.45, 2.75) is 26.2 Å². The zero-order valence-corrected chi connectivity index (χ0v) is 16.0. The predicted octanol–water partition coefficient (Wildman–Crippen LogP) is 2.54. The van der Waals surface area contributed by atoms with Crippen molar-refractivity contribution < 1.29 is 13.7 Å². The number of carbonyl (C=O) groups is 1. The van der Waals surface area contributed by atoms with Gasteiger partial charge in [0.2, 0.25) is 5.78 Å². The van der Waals surface area contributed by atoms with Crippen molar-refractivity contribution >= 4 is 21.2 Å². The second-order valence-corrected chi connectivity index (χ2v) is 9.07. The van der Waals surface area contributed by atoms with Gasteiger partial charge in [-0.05, 0) is 31.4 Å². The highest BCUT2D eigenvalue weighted by Gasteiger charge is 2.24. The number of aryl methyl sites for hydroxylation is 2. The van der Waals surface area contributed by atoms with Gasteiger partial charge in [-0.15, -0.1) is 0 Å². The normalized spacial score (nSPS) is 16.3. The van der Waals surface area contributed by atoms with Gasteiger partial charge >= 0.3 is 0 Å². The van der Waals surface area contributed by atoms with Crippen LogP contribution in [0.2, 0.25) is 0 Å². The third-order valence-electron chi connectivity index (χ3n) is 4.65. The summed E-state index contributed by atoms with van der Waals surface area (Å²) in [6, 6.07) is 3.37. The van der Waals surface area contributed by atoms with E-state index in [1.54, 1.807) is 19.2 Å². The fourth-order valence-corrected chi connectivity index (χ4v) is 5.39. The van der Waals surface area contributed by atoms with Gasteiger partial charge in [0, 0.05) is 24.8 Å². The maximum Gasteiger partial charge on any atom is 0.277 e. The standard InChI is InChI=1S/C18H23N3O4S/c1-12-7-8-13(16(22)14-11-19-21(2)18(14)23)17(25-3)15(12)20-26(24)9-5-4-6-10-26/h7-8,11,19H,4-6,9-10H2,1-3H3. The molecule has 1 aromatic carbocycles. The fourth-order valence-electron chi connectivity index (χ4n) is 3.13. The molecule has 0 radical (unpaired) electrons. The Morgan fingerprint density at radius 3 is 2.50 bits per heavy atom. The first kappa shape index (κ1) is 18.4. The average molecular weight is 377 g/mol. The molecule has 1 aromatic heterocycles. The van der Waals surface area contributed by atoms with Gasteiger partial charge in [-0.3, -0.25) is 14.3 Å². The summed E-state index contributed by atoms with van der Waals surface area (Å²) >= 11 is 0. The Hall–Kier alpha value is -2.35. The number of rotatable bonds is 4. The molecule has 1 aliphatic heterocycles. The number of hydrogen-bond donors (Lipinski definition) is 1. The number of aromatic amines is 1. The summed E-state index contributed by atoms with van der Waals surface area (Å²) in [6.45, 7) is 1.84. The number of aromatic nitrogens is 2. The molecular weight excluding hydrogens is 354 g/mol. The van der Waals surface area contributed by atoms with E-state index in [9.17, 15) is 13.8 Å². The van der Waals surface area contributed by atoms with Gasteiger partial charge in [0.05, 0.1) is 22.4 Å². The number of nitrogens with zero attached hydrogens (tertiary/aromatic N) is 2. The van der Waals surface area contributed by atoms with E-state index in [1.165, 1.54) is 18.0 Å². The zero-order chi connectivity index (χ0) is 18.9. The first-order valence-electron chi connectivity index (χ1n) is 8.55. The summed E-state index contributed by atoms with van der Waals surface area (Å²) in [5.41, 5.74) is 1.09. The minimum absolute atomic E-state index is 0.0300. The lowest BCUT2D eigenvalue weighted by molar-refractivity contribution is 0.103. The molecule has 1 saturated heterocycles. The van der Waals surface area contributed by atoms with E-state index in [1.807, 2.05) is 6.92 Å². The highest BCUT2D eigenvalue weighted by atomic mass is 32.2. The van der Waals surface area contributed by atoms with Crippen molar-refractivity contribution in [1.29, 1.82) is 0 Å². The summed E-state index contributed by atoms with van der Waals surface area (Å²) in [7, 11) is 0.646. The third kappa shape index (κ3) is 3.33. The van der Waals surface area contributed by atoms with Gasteiger partial charge in [-0.2, -0.15) is 4.36 Å². The van der Waals surface area contributed by atoms with Crippen molar-refractivity contribution in [3.63, 3.8) is 0 Å². The molecule has 0 bridgehead atoms. The number of hydrogen-bond acceptors (Lipinski definition) is 5. The largest absolute Gasteiger partial charge is 0.494 e. The molecule has 0 spiro atoms. The molecule has 0 saturated carbocycles. The summed E-state index contributed by atoms with van der Waals surface area (Å²) in [6.07, 6.45) is 4.23. The molecule has 1 N–H and O–H groups in total. The highest BCUT2D eigenvalue weighted by Crippen LogP contribution is 2.37. The highest BCUT2D eigenvalue weighted by molar-refractivity contribution is 7.93. The molecule has 0 unspecified atom stereocenters. The maximum atomic E-state index is 13.0. The Balaban J connectivity index is 2.16. The topological polar surface area (TPSA) is 93.5 Å². The Morgan fingerprint density at radius 2 is 1.92 bits per heavy atom. The zero-order valence-electron chi connectivity index (χ0n) is 15.2. The number of carbonyl (C=O) groups excluding carboxylic acids is 1. The van der Waals surface area contributed by atoms with Gasteiger partial charge in [0.15, 0.2) is 5.75 Å². The number of methoxy groups -OCH3 is 1. The van der Waals surface area contributed by atoms with Crippen LogP contribution in [0, 0.1) is 6.92 Å². The van der Waals surface area contributed by atoms with E-state index in [4.69, 9.17) is 4.74 Å². The molecule has 2 heterocycles. The van der Waals surface area contributed by atoms with E-state index in [0.29, 0.717) is 17.2 Å². The quantitative estimate of drug-likeness (QED) is 0.829. The van der Waals surface area contributed by atoms with Crippen molar-refractivity contribution in [1.82, 2.24) is 9.78 Å². The van der Waals surface area contributed by atoms with Crippen LogP contribution in [0.3, 0.4) is 0 Å². The maximum absolute atomic E-state index is 13.0. The smallest absolute Gasteiger partial charge is 0.277 e. The van der Waals surface area contributed by atoms with Gasteiger partial charge < -0.3 is 9.84 Å². The Kier molecular flexibility index (Phi) is 5.04. The SMILES string of the molecule is COc1c(C(=O)c2c[nH]n(C)c2=O)ccc(C)c1N=S1(=O)CCCCC1. The first-order chi connectivity index (χ1) is 12.4. The third-order valence-corrected chi connectivity index (χ3v) is 7.02. The molecule has 3 rings (SSSR count). The average Bonchev–Trinajstić information content (AvgIpc) is 2.95. The monoisotopic (exact) mass is 377 g/mol. The molecule has 8 heteroatoms. The minimum atomic E-state index is -2.35. The first-order valence-corrected chi connectivity index (χ1v) is 10.4. The molecule has 0 aliphatic carbocycles. The molecular formula is C18H23N3O4S. The Morgan fingerprint density at radius 1 is 1.23 bits per heavy atom. The van der Waals surface area contributed by atoms with Gasteiger partial charge in [0.1, 0.15) is 11.3 Å². The van der Waals surface area contributed by atoms with Crippen molar-refractivity contribution in [2.75, 3.05) is 18.6 Å². The number of H-pyrrole nitrogens is 1. The number of nitrogens with one attached hydrogen (secondary N) is 1. The Bertz CT molecular complexity index is 1010. The van der Waals surface area contributed by atoms with Crippen LogP contribution in [0.5, 0.6) is 5.75 Å². The number of benzene rings is 1. The summed E-state index contributed by atoms with van der Waals surface area (Å²) in [5.74, 6) is 0.948. The molecule has 7 nitrogen and oxygen atoms in total. The molecule has 140 valence electrons. The lowest BCUT2D eigenvalue weighted by atomic mass is 10.0. The van der Waals surface area contributed by atoms with E-state index in [0.717, 1.165) is 24.8 Å². The van der Waals surface area contributed by atoms with Gasteiger partial charge in [0.25, 0.3) is 5.56 Å². The van der Waals surface area contributed by atoms with E-state index in [-0.39, 0.29) is 16.9 Å². The van der Waals surface area contributed by atoms with Crippen LogP contribution < -0.4 is 10.3 Å². The van der Waals surface area contributed by atoms with Crippen LogP contribution in [-0.2, 0) is 16.8 Å². The number of ketones is 1. The summed E-state index contributed by atoms with van der Waals surface area (Å²) in [4.78, 5) is 25.0. The van der Waals surface area contributed by atoms with Crippen LogP contribution in [0.4, 0.5) is 5.69 Å². The molecule has 0 amide bonds. The second-order valence-electron chi connectivity index (χ2n) is 6.53. The fraction of sp³-hybridized carbons (Fsp3) is 0.444. The van der Waals surface area contributed by atoms with E-state index < -0.39 is 21.1 Å². The summed E-state index contributed by atoms with van der Waals surface area (Å²) in [5, 5.41) is 2.70. The molecule has 1 fully saturated rings. The summed E-state index contributed by atoms with van der Waals surface area (Å²) < 4.78 is 24.3. The van der Waals surface area contributed by atoms with Crippen LogP contribution in [0.1, 0.15) is 40.7 Å². The molecule has 1 aliphatic rings.